The van der Waals surface area contributed by atoms with E-state index in [2.05, 4.69) is 5.32 Å². The summed E-state index contributed by atoms with van der Waals surface area (Å²) in [6, 6.07) is 6.75. The average Bonchev–Trinajstić information content (AvgIpc) is 3.21. The zero-order valence-corrected chi connectivity index (χ0v) is 19.1. The van der Waals surface area contributed by atoms with Crippen molar-refractivity contribution >= 4 is 34.8 Å². The number of hydrogen-bond donors (Lipinski definition) is 2. The number of amides is 1. The molecule has 0 saturated carbocycles. The Morgan fingerprint density at radius 2 is 2.06 bits per heavy atom. The van der Waals surface area contributed by atoms with Crippen LogP contribution in [0.1, 0.15) is 30.9 Å². The highest BCUT2D eigenvalue weighted by Gasteiger charge is 2.71. The lowest BCUT2D eigenvalue weighted by atomic mass is 9.73. The van der Waals surface area contributed by atoms with Crippen molar-refractivity contribution in [2.45, 2.75) is 37.4 Å². The average molecular weight is 514 g/mol. The third-order valence-corrected chi connectivity index (χ3v) is 7.07. The van der Waals surface area contributed by atoms with E-state index in [4.69, 9.17) is 27.9 Å². The summed E-state index contributed by atoms with van der Waals surface area (Å²) in [6.07, 6.45) is 0.00595. The summed E-state index contributed by atoms with van der Waals surface area (Å²) >= 11 is 12.2. The quantitative estimate of drug-likeness (QED) is 0.427. The van der Waals surface area contributed by atoms with E-state index in [0.717, 1.165) is 0 Å². The normalized spacial score (nSPS) is 25.8. The molecule has 2 N–H and O–H groups in total. The number of likely N-dealkylation sites (tertiary alicyclic amines) is 1. The molecule has 2 aromatic rings. The molecule has 0 radical (unpaired) electrons. The summed E-state index contributed by atoms with van der Waals surface area (Å²) in [4.78, 5) is 27.4. The van der Waals surface area contributed by atoms with E-state index in [1.54, 1.807) is 23.1 Å². The van der Waals surface area contributed by atoms with Gasteiger partial charge in [0.25, 0.3) is 5.91 Å². The summed E-state index contributed by atoms with van der Waals surface area (Å²) in [5.74, 6) is -2.59. The van der Waals surface area contributed by atoms with Gasteiger partial charge in [0.15, 0.2) is 0 Å². The van der Waals surface area contributed by atoms with Gasteiger partial charge in [-0.1, -0.05) is 48.8 Å². The van der Waals surface area contributed by atoms with Gasteiger partial charge in [0.05, 0.1) is 23.6 Å². The molecule has 2 aliphatic rings. The lowest BCUT2D eigenvalue weighted by Gasteiger charge is -2.38. The van der Waals surface area contributed by atoms with Gasteiger partial charge in [-0.2, -0.15) is 0 Å². The second-order valence-electron chi connectivity index (χ2n) is 8.07. The SMILES string of the molecule is C.COCCN1[C@@H](CCO)[C@@H]([N+](=O)[O-])[C@H](c2cccc(Cl)c2F)[C@]12C(=O)Nc1cc(Cl)ccc12. The highest BCUT2D eigenvalue weighted by Crippen LogP contribution is 2.58. The molecule has 0 unspecified atom stereocenters. The molecule has 1 fully saturated rings. The van der Waals surface area contributed by atoms with Gasteiger partial charge in [0.2, 0.25) is 6.04 Å². The molecule has 2 heterocycles. The van der Waals surface area contributed by atoms with Gasteiger partial charge < -0.3 is 15.2 Å². The Kier molecular flexibility index (Phi) is 7.84. The number of ether oxygens (including phenoxy) is 1. The number of benzene rings is 2. The Hall–Kier alpha value is -2.30. The van der Waals surface area contributed by atoms with Gasteiger partial charge in [0.1, 0.15) is 11.4 Å². The van der Waals surface area contributed by atoms with Crippen LogP contribution >= 0.6 is 23.2 Å². The molecule has 1 spiro atoms. The number of carbonyl (C=O) groups is 1. The maximum absolute atomic E-state index is 15.4. The number of methoxy groups -OCH3 is 1. The van der Waals surface area contributed by atoms with E-state index in [-0.39, 0.29) is 44.2 Å². The molecule has 4 atom stereocenters. The van der Waals surface area contributed by atoms with E-state index in [1.165, 1.54) is 25.3 Å². The van der Waals surface area contributed by atoms with Crippen LogP contribution in [0.4, 0.5) is 10.1 Å². The van der Waals surface area contributed by atoms with Crippen LogP contribution < -0.4 is 5.32 Å². The molecule has 2 aliphatic heterocycles. The molecule has 0 aliphatic carbocycles. The number of anilines is 1. The number of nitrogens with one attached hydrogen (secondary N) is 1. The number of hydrogen-bond acceptors (Lipinski definition) is 6. The molecular weight excluding hydrogens is 488 g/mol. The number of fused-ring (bicyclic) bond motifs is 2. The topological polar surface area (TPSA) is 105 Å². The van der Waals surface area contributed by atoms with Crippen LogP contribution in [0.2, 0.25) is 10.0 Å². The van der Waals surface area contributed by atoms with Crippen LogP contribution in [0.15, 0.2) is 36.4 Å². The van der Waals surface area contributed by atoms with Crippen molar-refractivity contribution in [1.29, 1.82) is 0 Å². The Morgan fingerprint density at radius 3 is 2.71 bits per heavy atom. The monoisotopic (exact) mass is 513 g/mol. The molecule has 4 rings (SSSR count). The minimum atomic E-state index is -1.64. The molecular formula is C23H26Cl2FN3O5. The fourth-order valence-electron chi connectivity index (χ4n) is 5.40. The first-order chi connectivity index (χ1) is 15.8. The van der Waals surface area contributed by atoms with Crippen molar-refractivity contribution in [2.75, 3.05) is 32.2 Å². The molecule has 34 heavy (non-hydrogen) atoms. The highest BCUT2D eigenvalue weighted by atomic mass is 35.5. The van der Waals surface area contributed by atoms with E-state index in [9.17, 15) is 20.0 Å². The van der Waals surface area contributed by atoms with E-state index in [0.29, 0.717) is 16.3 Å². The van der Waals surface area contributed by atoms with Crippen molar-refractivity contribution in [3.8, 4) is 0 Å². The first kappa shape index (κ1) is 26.3. The van der Waals surface area contributed by atoms with Crippen molar-refractivity contribution in [3.05, 3.63) is 73.5 Å². The Bertz CT molecular complexity index is 1100. The first-order valence-corrected chi connectivity index (χ1v) is 11.1. The third kappa shape index (κ3) is 3.85. The maximum atomic E-state index is 15.4. The largest absolute Gasteiger partial charge is 0.396 e. The predicted octanol–water partition coefficient (Wildman–Crippen LogP) is 4.06. The van der Waals surface area contributed by atoms with Gasteiger partial charge in [-0.3, -0.25) is 19.8 Å². The predicted molar refractivity (Wildman–Crippen MR) is 127 cm³/mol. The Labute approximate surface area is 206 Å². The number of carbonyl (C=O) groups excluding carboxylic acids is 1. The third-order valence-electron chi connectivity index (χ3n) is 6.55. The number of rotatable bonds is 7. The van der Waals surface area contributed by atoms with Crippen LogP contribution in [0, 0.1) is 15.9 Å². The summed E-state index contributed by atoms with van der Waals surface area (Å²) in [5.41, 5.74) is -0.828. The number of nitro groups is 1. The maximum Gasteiger partial charge on any atom is 0.250 e. The fraction of sp³-hybridized carbons (Fsp3) is 0.435. The number of halogens is 3. The number of aliphatic hydroxyl groups is 1. The zero-order valence-electron chi connectivity index (χ0n) is 17.6. The molecule has 0 bridgehead atoms. The summed E-state index contributed by atoms with van der Waals surface area (Å²) in [7, 11) is 1.48. The number of aliphatic hydroxyl groups excluding tert-OH is 1. The second-order valence-corrected chi connectivity index (χ2v) is 8.92. The van der Waals surface area contributed by atoms with Crippen molar-refractivity contribution in [2.24, 2.45) is 0 Å². The molecule has 1 saturated heterocycles. The second kappa shape index (κ2) is 10.1. The van der Waals surface area contributed by atoms with Crippen LogP contribution in [-0.4, -0.2) is 59.8 Å². The van der Waals surface area contributed by atoms with Gasteiger partial charge >= 0.3 is 0 Å². The first-order valence-electron chi connectivity index (χ1n) is 10.3. The number of nitrogens with zero attached hydrogens (tertiary/aromatic N) is 2. The molecule has 8 nitrogen and oxygen atoms in total. The zero-order chi connectivity index (χ0) is 23.9. The summed E-state index contributed by atoms with van der Waals surface area (Å²) in [5, 5.41) is 25.2. The van der Waals surface area contributed by atoms with Gasteiger partial charge in [-0.05, 0) is 24.6 Å². The molecule has 1 amide bonds. The van der Waals surface area contributed by atoms with E-state index >= 15 is 4.39 Å². The molecule has 2 aromatic carbocycles. The summed E-state index contributed by atoms with van der Waals surface area (Å²) < 4.78 is 20.6. The van der Waals surface area contributed by atoms with Crippen LogP contribution in [-0.2, 0) is 15.1 Å². The molecule has 184 valence electrons. The molecule has 11 heteroatoms. The van der Waals surface area contributed by atoms with Crippen molar-refractivity contribution in [3.63, 3.8) is 0 Å². The lowest BCUT2D eigenvalue weighted by Crippen LogP contribution is -2.53. The molecule has 0 aromatic heterocycles. The Morgan fingerprint density at radius 1 is 1.32 bits per heavy atom. The highest BCUT2D eigenvalue weighted by molar-refractivity contribution is 6.31. The fourth-order valence-corrected chi connectivity index (χ4v) is 5.76. The Balaban J connectivity index is 0.00000324. The van der Waals surface area contributed by atoms with Gasteiger partial charge in [-0.25, -0.2) is 4.39 Å². The van der Waals surface area contributed by atoms with Gasteiger partial charge in [-0.15, -0.1) is 0 Å². The van der Waals surface area contributed by atoms with Crippen LogP contribution in [0.3, 0.4) is 0 Å². The smallest absolute Gasteiger partial charge is 0.250 e. The standard InChI is InChI=1S/C22H22Cl2FN3O5.CH4/c1-33-10-8-27-17(7-9-29)20(28(31)32)18(13-3-2-4-15(24)19(13)25)22(27)14-6-5-12(23)11-16(14)26-21(22)30;/h2-6,11,17-18,20,29H,7-10H2,1H3,(H,26,30);1H4/t17-,18-,20+,22+;/m0./s1. The minimum Gasteiger partial charge on any atom is -0.396 e. The van der Waals surface area contributed by atoms with Crippen LogP contribution in [0.25, 0.3) is 0 Å². The summed E-state index contributed by atoms with van der Waals surface area (Å²) in [6.45, 7) is -0.0524. The van der Waals surface area contributed by atoms with E-state index in [1.807, 2.05) is 0 Å². The van der Waals surface area contributed by atoms with Crippen LogP contribution in [0.5, 0.6) is 0 Å². The lowest BCUT2D eigenvalue weighted by molar-refractivity contribution is -0.528. The van der Waals surface area contributed by atoms with Crippen molar-refractivity contribution in [1.82, 2.24) is 4.90 Å². The van der Waals surface area contributed by atoms with E-state index < -0.39 is 40.2 Å². The van der Waals surface area contributed by atoms with Gasteiger partial charge in [0, 0.05) is 47.0 Å². The minimum absolute atomic E-state index is 0. The van der Waals surface area contributed by atoms with Crippen molar-refractivity contribution < 1.29 is 24.0 Å².